The highest BCUT2D eigenvalue weighted by Crippen LogP contribution is 2.22. The lowest BCUT2D eigenvalue weighted by atomic mass is 10.3. The second-order valence-electron chi connectivity index (χ2n) is 5.82. The number of carbonyl (C=O) groups is 1. The molecular formula is C20H21BrN2O4S. The molecule has 1 amide bonds. The standard InChI is InChI=1S/C20H21BrN2O4S/c1-3-26-10-9-23-17-8-7-14(21)11-18(17)28-20(23)22-19(24)13-27-16-6-4-5-15(12-16)25-2/h4-8,11-12H,3,9-10,13H2,1-2H3. The van der Waals surface area contributed by atoms with Crippen molar-refractivity contribution in [3.05, 3.63) is 51.7 Å². The van der Waals surface area contributed by atoms with Gasteiger partial charge in [-0.05, 0) is 37.3 Å². The van der Waals surface area contributed by atoms with Crippen LogP contribution in [0.5, 0.6) is 11.5 Å². The topological polar surface area (TPSA) is 62.1 Å². The third-order valence-corrected chi connectivity index (χ3v) is 5.47. The first-order valence-electron chi connectivity index (χ1n) is 8.81. The number of benzene rings is 2. The first-order valence-corrected chi connectivity index (χ1v) is 10.4. The fourth-order valence-electron chi connectivity index (χ4n) is 2.62. The average Bonchev–Trinajstić information content (AvgIpc) is 3.03. The van der Waals surface area contributed by atoms with Crippen molar-refractivity contribution in [1.82, 2.24) is 4.57 Å². The zero-order chi connectivity index (χ0) is 19.9. The summed E-state index contributed by atoms with van der Waals surface area (Å²) in [5, 5.41) is 0. The van der Waals surface area contributed by atoms with Gasteiger partial charge in [0.25, 0.3) is 5.91 Å². The van der Waals surface area contributed by atoms with Crippen LogP contribution in [-0.2, 0) is 16.1 Å². The van der Waals surface area contributed by atoms with Crippen LogP contribution in [-0.4, -0.2) is 37.4 Å². The van der Waals surface area contributed by atoms with E-state index in [1.54, 1.807) is 25.3 Å². The second kappa shape index (κ2) is 9.86. The van der Waals surface area contributed by atoms with Gasteiger partial charge in [0.15, 0.2) is 11.4 Å². The summed E-state index contributed by atoms with van der Waals surface area (Å²) in [6, 6.07) is 13.1. The zero-order valence-corrected chi connectivity index (χ0v) is 18.1. The van der Waals surface area contributed by atoms with Crippen molar-refractivity contribution in [1.29, 1.82) is 0 Å². The van der Waals surface area contributed by atoms with Crippen LogP contribution in [0.4, 0.5) is 0 Å². The number of hydrogen-bond acceptors (Lipinski definition) is 5. The fraction of sp³-hybridized carbons (Fsp3) is 0.300. The van der Waals surface area contributed by atoms with Crippen molar-refractivity contribution < 1.29 is 19.0 Å². The van der Waals surface area contributed by atoms with E-state index in [1.807, 2.05) is 35.8 Å². The van der Waals surface area contributed by atoms with Crippen LogP contribution in [0.3, 0.4) is 0 Å². The number of amides is 1. The van der Waals surface area contributed by atoms with Crippen LogP contribution in [0.15, 0.2) is 51.9 Å². The number of hydrogen-bond donors (Lipinski definition) is 0. The molecular weight excluding hydrogens is 444 g/mol. The van der Waals surface area contributed by atoms with Gasteiger partial charge in [-0.2, -0.15) is 4.99 Å². The van der Waals surface area contributed by atoms with Gasteiger partial charge in [0.05, 0.1) is 23.9 Å². The monoisotopic (exact) mass is 464 g/mol. The summed E-state index contributed by atoms with van der Waals surface area (Å²) < 4.78 is 20.2. The quantitative estimate of drug-likeness (QED) is 0.472. The van der Waals surface area contributed by atoms with Gasteiger partial charge < -0.3 is 18.8 Å². The summed E-state index contributed by atoms with van der Waals surface area (Å²) >= 11 is 4.95. The Labute approximate surface area is 175 Å². The summed E-state index contributed by atoms with van der Waals surface area (Å²) in [4.78, 5) is 17.3. The maximum atomic E-state index is 12.4. The van der Waals surface area contributed by atoms with Crippen LogP contribution in [0.25, 0.3) is 10.2 Å². The molecule has 0 bridgehead atoms. The third kappa shape index (κ3) is 5.21. The molecule has 0 aliphatic heterocycles. The number of carbonyl (C=O) groups excluding carboxylic acids is 1. The Morgan fingerprint density at radius 1 is 1.21 bits per heavy atom. The van der Waals surface area contributed by atoms with E-state index in [9.17, 15) is 4.79 Å². The number of halogens is 1. The van der Waals surface area contributed by atoms with Crippen LogP contribution in [0.1, 0.15) is 6.92 Å². The fourth-order valence-corrected chi connectivity index (χ4v) is 4.25. The van der Waals surface area contributed by atoms with Crippen molar-refractivity contribution in [3.8, 4) is 11.5 Å². The van der Waals surface area contributed by atoms with E-state index in [4.69, 9.17) is 14.2 Å². The number of thiazole rings is 1. The average molecular weight is 465 g/mol. The molecule has 0 aliphatic rings. The van der Waals surface area contributed by atoms with Crippen LogP contribution >= 0.6 is 27.3 Å². The van der Waals surface area contributed by atoms with E-state index in [0.29, 0.717) is 36.1 Å². The lowest BCUT2D eigenvalue weighted by Crippen LogP contribution is -2.21. The molecule has 6 nitrogen and oxygen atoms in total. The molecule has 0 spiro atoms. The molecule has 0 fully saturated rings. The largest absolute Gasteiger partial charge is 0.497 e. The van der Waals surface area contributed by atoms with Crippen LogP contribution < -0.4 is 14.3 Å². The van der Waals surface area contributed by atoms with Crippen molar-refractivity contribution in [2.24, 2.45) is 4.99 Å². The molecule has 3 rings (SSSR count). The molecule has 28 heavy (non-hydrogen) atoms. The number of aromatic nitrogens is 1. The first-order chi connectivity index (χ1) is 13.6. The second-order valence-corrected chi connectivity index (χ2v) is 7.74. The minimum Gasteiger partial charge on any atom is -0.497 e. The van der Waals surface area contributed by atoms with E-state index >= 15 is 0 Å². The van der Waals surface area contributed by atoms with Crippen molar-refractivity contribution >= 4 is 43.4 Å². The van der Waals surface area contributed by atoms with E-state index in [-0.39, 0.29) is 12.5 Å². The smallest absolute Gasteiger partial charge is 0.286 e. The van der Waals surface area contributed by atoms with Crippen molar-refractivity contribution in [3.63, 3.8) is 0 Å². The predicted molar refractivity (Wildman–Crippen MR) is 113 cm³/mol. The number of ether oxygens (including phenoxy) is 3. The van der Waals surface area contributed by atoms with Crippen LogP contribution in [0, 0.1) is 0 Å². The molecule has 0 N–H and O–H groups in total. The summed E-state index contributed by atoms with van der Waals surface area (Å²) in [5.41, 5.74) is 1.02. The minimum atomic E-state index is -0.349. The zero-order valence-electron chi connectivity index (χ0n) is 15.7. The van der Waals surface area contributed by atoms with Gasteiger partial charge >= 0.3 is 0 Å². The van der Waals surface area contributed by atoms with Gasteiger partial charge in [0.2, 0.25) is 0 Å². The van der Waals surface area contributed by atoms with Gasteiger partial charge in [0.1, 0.15) is 11.5 Å². The maximum absolute atomic E-state index is 12.4. The van der Waals surface area contributed by atoms with E-state index in [2.05, 4.69) is 20.9 Å². The molecule has 0 saturated heterocycles. The number of nitrogens with zero attached hydrogens (tertiary/aromatic N) is 2. The lowest BCUT2D eigenvalue weighted by molar-refractivity contribution is -0.120. The van der Waals surface area contributed by atoms with E-state index < -0.39 is 0 Å². The number of rotatable bonds is 8. The molecule has 0 unspecified atom stereocenters. The molecule has 1 heterocycles. The van der Waals surface area contributed by atoms with Gasteiger partial charge in [-0.1, -0.05) is 33.3 Å². The normalized spacial score (nSPS) is 11.8. The summed E-state index contributed by atoms with van der Waals surface area (Å²) in [7, 11) is 1.58. The molecule has 0 atom stereocenters. The molecule has 148 valence electrons. The summed E-state index contributed by atoms with van der Waals surface area (Å²) in [6.45, 7) is 3.64. The Balaban J connectivity index is 1.82. The number of methoxy groups -OCH3 is 1. The van der Waals surface area contributed by atoms with Crippen LogP contribution in [0.2, 0.25) is 0 Å². The van der Waals surface area contributed by atoms with Gasteiger partial charge in [-0.25, -0.2) is 0 Å². The molecule has 0 radical (unpaired) electrons. The minimum absolute atomic E-state index is 0.142. The van der Waals surface area contributed by atoms with Gasteiger partial charge in [-0.3, -0.25) is 4.79 Å². The van der Waals surface area contributed by atoms with E-state index in [1.165, 1.54) is 11.3 Å². The highest BCUT2D eigenvalue weighted by Gasteiger charge is 2.09. The van der Waals surface area contributed by atoms with Crippen molar-refractivity contribution in [2.45, 2.75) is 13.5 Å². The van der Waals surface area contributed by atoms with Gasteiger partial charge in [0, 0.05) is 23.7 Å². The third-order valence-electron chi connectivity index (χ3n) is 3.93. The SMILES string of the molecule is CCOCCn1c(=NC(=O)COc2cccc(OC)c2)sc2cc(Br)ccc21. The highest BCUT2D eigenvalue weighted by atomic mass is 79.9. The Hall–Kier alpha value is -2.16. The highest BCUT2D eigenvalue weighted by molar-refractivity contribution is 9.10. The lowest BCUT2D eigenvalue weighted by Gasteiger charge is -2.06. The Bertz CT molecular complexity index is 1030. The van der Waals surface area contributed by atoms with Gasteiger partial charge in [-0.15, -0.1) is 0 Å². The Morgan fingerprint density at radius 3 is 2.82 bits per heavy atom. The summed E-state index contributed by atoms with van der Waals surface area (Å²) in [5.74, 6) is 0.886. The van der Waals surface area contributed by atoms with Crippen molar-refractivity contribution in [2.75, 3.05) is 26.9 Å². The predicted octanol–water partition coefficient (Wildman–Crippen LogP) is 4.02. The molecule has 8 heteroatoms. The molecule has 0 aliphatic carbocycles. The molecule has 1 aromatic heterocycles. The first kappa shape index (κ1) is 20.6. The molecule has 3 aromatic rings. The summed E-state index contributed by atoms with van der Waals surface area (Å²) in [6.07, 6.45) is 0. The van der Waals surface area contributed by atoms with E-state index in [0.717, 1.165) is 14.7 Å². The number of fused-ring (bicyclic) bond motifs is 1. The molecule has 0 saturated carbocycles. The maximum Gasteiger partial charge on any atom is 0.286 e. The molecule has 2 aromatic carbocycles. The Morgan fingerprint density at radius 2 is 2.04 bits per heavy atom. The Kier molecular flexibility index (Phi) is 7.24.